The first kappa shape index (κ1) is 17.9. The van der Waals surface area contributed by atoms with Crippen LogP contribution in [0.15, 0.2) is 45.9 Å². The van der Waals surface area contributed by atoms with Crippen LogP contribution in [0, 0.1) is 6.92 Å². The number of sulfonamides is 1. The second kappa shape index (κ2) is 6.97. The lowest BCUT2D eigenvalue weighted by atomic mass is 10.2. The van der Waals surface area contributed by atoms with Crippen molar-refractivity contribution in [3.63, 3.8) is 0 Å². The van der Waals surface area contributed by atoms with Crippen LogP contribution < -0.4 is 10.0 Å². The van der Waals surface area contributed by atoms with Crippen LogP contribution >= 0.6 is 15.9 Å². The maximum atomic E-state index is 12.2. The van der Waals surface area contributed by atoms with E-state index in [1.807, 2.05) is 0 Å². The molecule has 0 aliphatic heterocycles. The molecule has 1 aromatic carbocycles. The number of hydrogen-bond acceptors (Lipinski definition) is 5. The van der Waals surface area contributed by atoms with Crippen molar-refractivity contribution in [2.75, 3.05) is 5.32 Å². The second-order valence-corrected chi connectivity index (χ2v) is 7.18. The molecule has 2 amide bonds. The number of aryl methyl sites for hydroxylation is 1. The van der Waals surface area contributed by atoms with Crippen molar-refractivity contribution in [2.24, 2.45) is 0 Å². The van der Waals surface area contributed by atoms with Gasteiger partial charge in [-0.25, -0.2) is 27.7 Å². The molecule has 0 saturated carbocycles. The van der Waals surface area contributed by atoms with E-state index in [0.717, 1.165) is 17.7 Å². The zero-order chi connectivity index (χ0) is 17.9. The molecule has 10 heteroatoms. The Bertz CT molecular complexity index is 894. The number of carboxylic acid groups (broad SMARTS) is 1. The molecular weight excluding hydrogens is 402 g/mol. The first-order chi connectivity index (χ1) is 11.2. The van der Waals surface area contributed by atoms with Gasteiger partial charge in [-0.2, -0.15) is 0 Å². The summed E-state index contributed by atoms with van der Waals surface area (Å²) < 4.78 is 26.7. The summed E-state index contributed by atoms with van der Waals surface area (Å²) in [5.74, 6) is -1.28. The first-order valence-corrected chi connectivity index (χ1v) is 8.77. The lowest BCUT2D eigenvalue weighted by molar-refractivity contribution is 0.0692. The Labute approximate surface area is 146 Å². The number of carbonyl (C=O) groups is 2. The molecule has 1 heterocycles. The van der Waals surface area contributed by atoms with Crippen molar-refractivity contribution in [3.05, 3.63) is 52.1 Å². The van der Waals surface area contributed by atoms with E-state index in [2.05, 4.69) is 26.2 Å². The standard InChI is InChI=1S/C14H12BrN3O5S/c1-8-6-11(15)16-12(7-8)17-14(21)18-24(22,23)10-5-3-2-4-9(10)13(19)20/h2-7H,1H3,(H,19,20)(H2,16,17,18,21). The molecule has 0 atom stereocenters. The third kappa shape index (κ3) is 4.30. The number of pyridine rings is 1. The van der Waals surface area contributed by atoms with Crippen LogP contribution in [0.2, 0.25) is 0 Å². The van der Waals surface area contributed by atoms with E-state index in [9.17, 15) is 18.0 Å². The zero-order valence-electron chi connectivity index (χ0n) is 12.3. The lowest BCUT2D eigenvalue weighted by Crippen LogP contribution is -2.35. The molecule has 0 aliphatic rings. The molecule has 3 N–H and O–H groups in total. The van der Waals surface area contributed by atoms with E-state index < -0.39 is 32.5 Å². The second-order valence-electron chi connectivity index (χ2n) is 4.71. The molecule has 0 spiro atoms. The molecule has 8 nitrogen and oxygen atoms in total. The molecule has 0 unspecified atom stereocenters. The Kier molecular flexibility index (Phi) is 5.20. The lowest BCUT2D eigenvalue weighted by Gasteiger charge is -2.10. The Morgan fingerprint density at radius 3 is 2.50 bits per heavy atom. The van der Waals surface area contributed by atoms with Gasteiger partial charge in [0.2, 0.25) is 0 Å². The molecular formula is C14H12BrN3O5S. The van der Waals surface area contributed by atoms with Crippen LogP contribution in [0.1, 0.15) is 15.9 Å². The summed E-state index contributed by atoms with van der Waals surface area (Å²) >= 11 is 3.16. The van der Waals surface area contributed by atoms with E-state index in [1.54, 1.807) is 23.8 Å². The van der Waals surface area contributed by atoms with Crippen LogP contribution in [-0.2, 0) is 10.0 Å². The maximum absolute atomic E-state index is 12.2. The van der Waals surface area contributed by atoms with Gasteiger partial charge >= 0.3 is 12.0 Å². The number of aromatic nitrogens is 1. The van der Waals surface area contributed by atoms with Crippen molar-refractivity contribution < 1.29 is 23.1 Å². The number of rotatable bonds is 4. The van der Waals surface area contributed by atoms with Crippen LogP contribution in [0.3, 0.4) is 0 Å². The highest BCUT2D eigenvalue weighted by Crippen LogP contribution is 2.16. The van der Waals surface area contributed by atoms with Gasteiger partial charge in [0.05, 0.1) is 5.56 Å². The molecule has 1 aromatic heterocycles. The fourth-order valence-corrected chi connectivity index (χ4v) is 3.55. The first-order valence-electron chi connectivity index (χ1n) is 6.49. The monoisotopic (exact) mass is 413 g/mol. The molecule has 0 bridgehead atoms. The third-order valence-corrected chi connectivity index (χ3v) is 4.61. The number of benzene rings is 1. The molecule has 126 valence electrons. The highest BCUT2D eigenvalue weighted by molar-refractivity contribution is 9.10. The van der Waals surface area contributed by atoms with Crippen molar-refractivity contribution in [2.45, 2.75) is 11.8 Å². The predicted molar refractivity (Wildman–Crippen MR) is 89.4 cm³/mol. The Morgan fingerprint density at radius 1 is 1.21 bits per heavy atom. The molecule has 24 heavy (non-hydrogen) atoms. The smallest absolute Gasteiger partial charge is 0.337 e. The number of anilines is 1. The highest BCUT2D eigenvalue weighted by atomic mass is 79.9. The Hall–Kier alpha value is -2.46. The Balaban J connectivity index is 2.23. The topological polar surface area (TPSA) is 125 Å². The normalized spacial score (nSPS) is 10.9. The number of carboxylic acids is 1. The fraction of sp³-hybridized carbons (Fsp3) is 0.0714. The van der Waals surface area contributed by atoms with Crippen LogP contribution in [-0.4, -0.2) is 30.5 Å². The third-order valence-electron chi connectivity index (χ3n) is 2.81. The summed E-state index contributed by atoms with van der Waals surface area (Å²) in [5.41, 5.74) is 0.362. The van der Waals surface area contributed by atoms with Gasteiger partial charge in [-0.3, -0.25) is 5.32 Å². The number of hydrogen-bond donors (Lipinski definition) is 3. The van der Waals surface area contributed by atoms with Gasteiger partial charge in [-0.1, -0.05) is 12.1 Å². The van der Waals surface area contributed by atoms with Crippen LogP contribution in [0.25, 0.3) is 0 Å². The molecule has 0 aliphatic carbocycles. The number of nitrogens with one attached hydrogen (secondary N) is 2. The molecule has 0 saturated heterocycles. The zero-order valence-corrected chi connectivity index (χ0v) is 14.7. The van der Waals surface area contributed by atoms with E-state index in [-0.39, 0.29) is 5.82 Å². The van der Waals surface area contributed by atoms with Crippen molar-refractivity contribution >= 4 is 43.8 Å². The molecule has 2 rings (SSSR count). The molecule has 0 radical (unpaired) electrons. The quantitative estimate of drug-likeness (QED) is 0.660. The van der Waals surface area contributed by atoms with E-state index in [0.29, 0.717) is 4.60 Å². The van der Waals surface area contributed by atoms with Gasteiger partial charge in [-0.15, -0.1) is 0 Å². The van der Waals surface area contributed by atoms with Gasteiger partial charge in [0.1, 0.15) is 15.3 Å². The van der Waals surface area contributed by atoms with Crippen molar-refractivity contribution in [1.82, 2.24) is 9.71 Å². The average Bonchev–Trinajstić information content (AvgIpc) is 2.45. The van der Waals surface area contributed by atoms with E-state index in [4.69, 9.17) is 5.11 Å². The van der Waals surface area contributed by atoms with Crippen molar-refractivity contribution in [3.8, 4) is 0 Å². The van der Waals surface area contributed by atoms with Crippen LogP contribution in [0.4, 0.5) is 10.6 Å². The number of urea groups is 1. The summed E-state index contributed by atoms with van der Waals surface area (Å²) in [7, 11) is -4.36. The number of aromatic carboxylic acids is 1. The van der Waals surface area contributed by atoms with Gasteiger partial charge in [0, 0.05) is 0 Å². The highest BCUT2D eigenvalue weighted by Gasteiger charge is 2.24. The predicted octanol–water partition coefficient (Wildman–Crippen LogP) is 2.36. The SMILES string of the molecule is Cc1cc(Br)nc(NC(=O)NS(=O)(=O)c2ccccc2C(=O)O)c1. The molecule has 2 aromatic rings. The summed E-state index contributed by atoms with van der Waals surface area (Å²) in [6, 6.07) is 7.18. The summed E-state index contributed by atoms with van der Waals surface area (Å²) in [5, 5.41) is 11.3. The summed E-state index contributed by atoms with van der Waals surface area (Å²) in [6.45, 7) is 1.77. The fourth-order valence-electron chi connectivity index (χ4n) is 1.89. The average molecular weight is 414 g/mol. The Morgan fingerprint density at radius 2 is 1.88 bits per heavy atom. The summed E-state index contributed by atoms with van der Waals surface area (Å²) in [6.07, 6.45) is 0. The minimum absolute atomic E-state index is 0.140. The van der Waals surface area contributed by atoms with Gasteiger partial charge in [0.25, 0.3) is 10.0 Å². The molecule has 0 fully saturated rings. The minimum Gasteiger partial charge on any atom is -0.478 e. The van der Waals surface area contributed by atoms with Gasteiger partial charge < -0.3 is 5.11 Å². The van der Waals surface area contributed by atoms with Gasteiger partial charge in [-0.05, 0) is 52.7 Å². The number of amides is 2. The number of halogens is 1. The largest absolute Gasteiger partial charge is 0.478 e. The van der Waals surface area contributed by atoms with E-state index >= 15 is 0 Å². The minimum atomic E-state index is -4.36. The number of nitrogens with zero attached hydrogens (tertiary/aromatic N) is 1. The van der Waals surface area contributed by atoms with Gasteiger partial charge in [0.15, 0.2) is 0 Å². The summed E-state index contributed by atoms with van der Waals surface area (Å²) in [4.78, 5) is 26.5. The van der Waals surface area contributed by atoms with E-state index in [1.165, 1.54) is 12.1 Å². The number of carbonyl (C=O) groups excluding carboxylic acids is 1. The maximum Gasteiger partial charge on any atom is 0.337 e. The van der Waals surface area contributed by atoms with Crippen molar-refractivity contribution in [1.29, 1.82) is 0 Å². The van der Waals surface area contributed by atoms with Crippen LogP contribution in [0.5, 0.6) is 0 Å².